The van der Waals surface area contributed by atoms with Crippen molar-refractivity contribution in [3.05, 3.63) is 46.5 Å². The predicted molar refractivity (Wildman–Crippen MR) is 126 cm³/mol. The smallest absolute Gasteiger partial charge is 0.265 e. The van der Waals surface area contributed by atoms with Gasteiger partial charge in [0.15, 0.2) is 6.10 Å². The fourth-order valence-electron chi connectivity index (χ4n) is 4.14. The summed E-state index contributed by atoms with van der Waals surface area (Å²) >= 11 is 5.99. The van der Waals surface area contributed by atoms with Crippen molar-refractivity contribution in [2.75, 3.05) is 23.7 Å². The van der Waals surface area contributed by atoms with Crippen LogP contribution < -0.4 is 15.4 Å². The maximum absolute atomic E-state index is 13.5. The molecule has 33 heavy (non-hydrogen) atoms. The van der Waals surface area contributed by atoms with Crippen LogP contribution >= 0.6 is 11.6 Å². The summed E-state index contributed by atoms with van der Waals surface area (Å²) in [5, 5.41) is 6.21. The molecule has 2 N–H and O–H groups in total. The number of carbonyl (C=O) groups excluding carboxylic acids is 2. The normalized spacial score (nSPS) is 21.0. The number of rotatable bonds is 4. The maximum Gasteiger partial charge on any atom is 0.265 e. The molecule has 2 heterocycles. The Morgan fingerprint density at radius 3 is 2.70 bits per heavy atom. The number of sulfonamides is 1. The number of fused-ring (bicyclic) bond motifs is 1. The van der Waals surface area contributed by atoms with Gasteiger partial charge in [0.2, 0.25) is 15.9 Å². The Morgan fingerprint density at radius 2 is 1.97 bits per heavy atom. The van der Waals surface area contributed by atoms with Gasteiger partial charge in [-0.05, 0) is 69.0 Å². The van der Waals surface area contributed by atoms with Crippen molar-refractivity contribution < 1.29 is 22.7 Å². The lowest BCUT2D eigenvalue weighted by molar-refractivity contribution is -0.123. The molecule has 2 aliphatic heterocycles. The molecule has 0 aliphatic carbocycles. The lowest BCUT2D eigenvalue weighted by Gasteiger charge is -2.32. The minimum absolute atomic E-state index is 0.0886. The number of halogens is 1. The number of ether oxygens (including phenoxy) is 1. The molecule has 176 valence electrons. The lowest BCUT2D eigenvalue weighted by atomic mass is 9.98. The topological polar surface area (TPSA) is 105 Å². The highest BCUT2D eigenvalue weighted by molar-refractivity contribution is 7.89. The van der Waals surface area contributed by atoms with E-state index in [1.807, 2.05) is 6.92 Å². The van der Waals surface area contributed by atoms with E-state index in [0.29, 0.717) is 47.1 Å². The second-order valence-corrected chi connectivity index (χ2v) is 10.9. The highest BCUT2D eigenvalue weighted by Gasteiger charge is 2.35. The summed E-state index contributed by atoms with van der Waals surface area (Å²) in [6.07, 6.45) is 0.459. The van der Waals surface area contributed by atoms with Crippen LogP contribution in [0.3, 0.4) is 0 Å². The Morgan fingerprint density at radius 1 is 1.21 bits per heavy atom. The molecule has 2 atom stereocenters. The van der Waals surface area contributed by atoms with Crippen molar-refractivity contribution in [1.29, 1.82) is 0 Å². The average molecular weight is 492 g/mol. The lowest BCUT2D eigenvalue weighted by Crippen LogP contribution is -2.44. The van der Waals surface area contributed by atoms with Gasteiger partial charge in [-0.15, -0.1) is 0 Å². The zero-order valence-corrected chi connectivity index (χ0v) is 20.2. The molecule has 0 spiro atoms. The van der Waals surface area contributed by atoms with Crippen LogP contribution in [0.4, 0.5) is 11.4 Å². The number of nitrogens with zero attached hydrogens (tertiary/aromatic N) is 1. The largest absolute Gasteiger partial charge is 0.479 e. The zero-order chi connectivity index (χ0) is 23.9. The number of benzene rings is 2. The van der Waals surface area contributed by atoms with E-state index < -0.39 is 22.0 Å². The van der Waals surface area contributed by atoms with Crippen LogP contribution in [0, 0.1) is 19.8 Å². The number of hydrogen-bond acceptors (Lipinski definition) is 5. The predicted octanol–water partition coefficient (Wildman–Crippen LogP) is 3.72. The summed E-state index contributed by atoms with van der Waals surface area (Å²) in [4.78, 5) is 24.9. The molecule has 4 rings (SSSR count). The van der Waals surface area contributed by atoms with Crippen LogP contribution in [-0.2, 0) is 19.6 Å². The molecule has 2 aliphatic rings. The van der Waals surface area contributed by atoms with Gasteiger partial charge >= 0.3 is 0 Å². The summed E-state index contributed by atoms with van der Waals surface area (Å²) in [7, 11) is -3.87. The molecule has 0 radical (unpaired) electrons. The van der Waals surface area contributed by atoms with E-state index in [1.54, 1.807) is 38.1 Å². The minimum Gasteiger partial charge on any atom is -0.479 e. The van der Waals surface area contributed by atoms with Crippen molar-refractivity contribution in [3.8, 4) is 5.75 Å². The van der Waals surface area contributed by atoms with Gasteiger partial charge < -0.3 is 15.4 Å². The van der Waals surface area contributed by atoms with Crippen molar-refractivity contribution in [3.63, 3.8) is 0 Å². The summed E-state index contributed by atoms with van der Waals surface area (Å²) in [6, 6.07) is 8.26. The summed E-state index contributed by atoms with van der Waals surface area (Å²) in [5.41, 5.74) is 2.43. The Kier molecular flexibility index (Phi) is 6.39. The van der Waals surface area contributed by atoms with Gasteiger partial charge in [0.05, 0.1) is 16.5 Å². The molecule has 2 aromatic carbocycles. The Bertz CT molecular complexity index is 1230. The number of anilines is 2. The van der Waals surface area contributed by atoms with E-state index in [9.17, 15) is 18.0 Å². The fourth-order valence-corrected chi connectivity index (χ4v) is 6.11. The second-order valence-electron chi connectivity index (χ2n) is 8.51. The van der Waals surface area contributed by atoms with Crippen molar-refractivity contribution in [2.24, 2.45) is 5.92 Å². The third-order valence-electron chi connectivity index (χ3n) is 6.03. The van der Waals surface area contributed by atoms with Crippen LogP contribution in [0.1, 0.15) is 30.9 Å². The Hall–Kier alpha value is -2.62. The first-order valence-corrected chi connectivity index (χ1v) is 12.6. The van der Waals surface area contributed by atoms with E-state index in [1.165, 1.54) is 10.4 Å². The first-order chi connectivity index (χ1) is 15.6. The Balaban J connectivity index is 1.54. The highest BCUT2D eigenvalue weighted by atomic mass is 35.5. The first kappa shape index (κ1) is 23.5. The van der Waals surface area contributed by atoms with Gasteiger partial charge in [0.25, 0.3) is 5.91 Å². The van der Waals surface area contributed by atoms with Gasteiger partial charge in [0, 0.05) is 29.9 Å². The van der Waals surface area contributed by atoms with Gasteiger partial charge in [-0.1, -0.05) is 11.6 Å². The molecular formula is C23H26ClN3O5S. The van der Waals surface area contributed by atoms with Crippen LogP contribution in [0.25, 0.3) is 0 Å². The van der Waals surface area contributed by atoms with Crippen LogP contribution in [0.5, 0.6) is 5.75 Å². The van der Waals surface area contributed by atoms with Gasteiger partial charge in [-0.2, -0.15) is 4.31 Å². The van der Waals surface area contributed by atoms with Gasteiger partial charge in [-0.3, -0.25) is 9.59 Å². The molecule has 2 aromatic rings. The molecule has 8 nitrogen and oxygen atoms in total. The van der Waals surface area contributed by atoms with Crippen LogP contribution in [0.2, 0.25) is 5.02 Å². The zero-order valence-electron chi connectivity index (χ0n) is 18.6. The molecule has 10 heteroatoms. The standard InChI is InChI=1S/C23H26ClN3O5S/c1-13-9-17(24)6-7-18(13)25-23(29)16-5-4-8-27(12-16)33(30,31)21-11-20-19(10-14(21)2)26-22(28)15(3)32-20/h6-7,9-11,15-16H,4-5,8,12H2,1-3H3,(H,25,29)(H,26,28)/t15-,16-/m1/s1. The number of nitrogens with one attached hydrogen (secondary N) is 2. The van der Waals surface area contributed by atoms with Gasteiger partial charge in [0.1, 0.15) is 5.75 Å². The van der Waals surface area contributed by atoms with Crippen molar-refractivity contribution >= 4 is 44.8 Å². The van der Waals surface area contributed by atoms with E-state index in [-0.39, 0.29) is 23.3 Å². The number of hydrogen-bond donors (Lipinski definition) is 2. The van der Waals surface area contributed by atoms with Crippen molar-refractivity contribution in [2.45, 2.75) is 44.6 Å². The molecule has 1 fully saturated rings. The van der Waals surface area contributed by atoms with Crippen LogP contribution in [0.15, 0.2) is 35.2 Å². The summed E-state index contributed by atoms with van der Waals surface area (Å²) in [6.45, 7) is 5.54. The average Bonchev–Trinajstić information content (AvgIpc) is 2.76. The van der Waals surface area contributed by atoms with Gasteiger partial charge in [-0.25, -0.2) is 8.42 Å². The molecule has 2 amide bonds. The third-order valence-corrected chi connectivity index (χ3v) is 8.27. The molecular weight excluding hydrogens is 466 g/mol. The second kappa shape index (κ2) is 8.96. The Labute approximate surface area is 198 Å². The minimum atomic E-state index is -3.87. The molecule has 1 saturated heterocycles. The third kappa shape index (κ3) is 4.71. The monoisotopic (exact) mass is 491 g/mol. The number of piperidine rings is 1. The molecule has 0 aromatic heterocycles. The van der Waals surface area contributed by atoms with E-state index in [4.69, 9.17) is 16.3 Å². The maximum atomic E-state index is 13.5. The van der Waals surface area contributed by atoms with E-state index >= 15 is 0 Å². The molecule has 0 unspecified atom stereocenters. The SMILES string of the molecule is Cc1cc(Cl)ccc1NC(=O)[C@@H]1CCCN(S(=O)(=O)c2cc3c(cc2C)NC(=O)[C@@H](C)O3)C1. The molecule has 0 bridgehead atoms. The number of amides is 2. The number of aryl methyl sites for hydroxylation is 2. The summed E-state index contributed by atoms with van der Waals surface area (Å²) in [5.74, 6) is -0.659. The van der Waals surface area contributed by atoms with E-state index in [2.05, 4.69) is 10.6 Å². The first-order valence-electron chi connectivity index (χ1n) is 10.8. The highest BCUT2D eigenvalue weighted by Crippen LogP contribution is 2.36. The quantitative estimate of drug-likeness (QED) is 0.678. The van der Waals surface area contributed by atoms with E-state index in [0.717, 1.165) is 5.56 Å². The molecule has 0 saturated carbocycles. The summed E-state index contributed by atoms with van der Waals surface area (Å²) < 4.78 is 33.9. The van der Waals surface area contributed by atoms with Crippen LogP contribution in [-0.4, -0.2) is 43.7 Å². The van der Waals surface area contributed by atoms with Crippen molar-refractivity contribution in [1.82, 2.24) is 4.31 Å². The number of carbonyl (C=O) groups is 2. The fraction of sp³-hybridized carbons (Fsp3) is 0.391.